The minimum absolute atomic E-state index is 0.365. The number of benzene rings is 2. The van der Waals surface area contributed by atoms with E-state index >= 15 is 0 Å². The van der Waals surface area contributed by atoms with Crippen molar-refractivity contribution in [2.45, 2.75) is 12.8 Å². The van der Waals surface area contributed by atoms with Crippen molar-refractivity contribution in [3.8, 4) is 11.5 Å². The Labute approximate surface area is 162 Å². The molecule has 0 heterocycles. The van der Waals surface area contributed by atoms with Gasteiger partial charge < -0.3 is 0 Å². The summed E-state index contributed by atoms with van der Waals surface area (Å²) in [6, 6.07) is 12.2. The van der Waals surface area contributed by atoms with E-state index in [1.807, 2.05) is 36.5 Å². The normalized spacial score (nSPS) is 15.6. The molecule has 4 rings (SSSR count). The summed E-state index contributed by atoms with van der Waals surface area (Å²) in [6.07, 6.45) is 13.5. The van der Waals surface area contributed by atoms with E-state index in [0.717, 1.165) is 19.4 Å². The first-order chi connectivity index (χ1) is 13.2. The van der Waals surface area contributed by atoms with Crippen molar-refractivity contribution in [3.63, 3.8) is 0 Å². The molecule has 0 amide bonds. The molecule has 2 aromatic carbocycles. The summed E-state index contributed by atoms with van der Waals surface area (Å²) in [5.74, 6) is 0.136. The van der Waals surface area contributed by atoms with Crippen molar-refractivity contribution in [2.24, 2.45) is 0 Å². The van der Waals surface area contributed by atoms with Crippen LogP contribution in [-0.4, -0.2) is 0 Å². The van der Waals surface area contributed by atoms with Crippen LogP contribution in [0.25, 0.3) is 0 Å². The average molecular weight is 444 g/mol. The molecule has 0 unspecified atom stereocenters. The number of halogens is 2. The number of hydrogen-bond donors (Lipinski definition) is 0. The maximum atomic E-state index is 13.8. The second-order valence-corrected chi connectivity index (χ2v) is 13.6. The van der Waals surface area contributed by atoms with Crippen LogP contribution in [0.4, 0.5) is 8.78 Å². The fraction of sp³-hybridized carbons (Fsp3) is 0.0909. The van der Waals surface area contributed by atoms with Crippen LogP contribution in [0.5, 0.6) is 11.5 Å². The summed E-state index contributed by atoms with van der Waals surface area (Å²) in [4.78, 5) is 0. The van der Waals surface area contributed by atoms with E-state index < -0.39 is 21.1 Å². The first-order valence-corrected chi connectivity index (χ1v) is 13.2. The molecule has 0 radical (unpaired) electrons. The standard InChI is InChI=1S/2C6H5FO.2C5H5.Zr/c2*7-5-2-1-3-6(8)4-5;2*1-2-4-5-3-1;/h2*1-4,8H;2*1-3H,4H2;/q;;;;+2/p-2. The minimum atomic E-state index is -4.17. The molecule has 0 saturated heterocycles. The van der Waals surface area contributed by atoms with Crippen molar-refractivity contribution in [3.05, 3.63) is 103 Å². The summed E-state index contributed by atoms with van der Waals surface area (Å²) in [5.41, 5.74) is 0. The zero-order valence-corrected chi connectivity index (χ0v) is 17.0. The average Bonchev–Trinajstić information content (AvgIpc) is 3.36. The van der Waals surface area contributed by atoms with E-state index in [4.69, 9.17) is 5.63 Å². The molecule has 0 spiro atoms. The predicted molar refractivity (Wildman–Crippen MR) is 97.7 cm³/mol. The van der Waals surface area contributed by atoms with E-state index in [2.05, 4.69) is 0 Å². The topological polar surface area (TPSA) is 18.5 Å². The van der Waals surface area contributed by atoms with Gasteiger partial charge in [0.05, 0.1) is 0 Å². The summed E-state index contributed by atoms with van der Waals surface area (Å²) in [5, 5.41) is 0. The van der Waals surface area contributed by atoms with E-state index in [-0.39, 0.29) is 11.6 Å². The fourth-order valence-electron chi connectivity index (χ4n) is 3.26. The van der Waals surface area contributed by atoms with Crippen LogP contribution in [-0.2, 0) is 21.1 Å². The molecule has 136 valence electrons. The molecule has 0 saturated carbocycles. The van der Waals surface area contributed by atoms with Crippen molar-refractivity contribution in [1.82, 2.24) is 0 Å². The number of allylic oxidation sites excluding steroid dienone is 8. The van der Waals surface area contributed by atoms with Crippen molar-refractivity contribution >= 4 is 0 Å². The molecule has 2 aliphatic carbocycles. The molecule has 2 aromatic rings. The van der Waals surface area contributed by atoms with Gasteiger partial charge in [0.1, 0.15) is 0 Å². The fourth-order valence-corrected chi connectivity index (χ4v) is 11.4. The Morgan fingerprint density at radius 2 is 1.19 bits per heavy atom. The first-order valence-electron chi connectivity index (χ1n) is 8.77. The quantitative estimate of drug-likeness (QED) is 0.538. The van der Waals surface area contributed by atoms with Gasteiger partial charge in [-0.3, -0.25) is 0 Å². The Kier molecular flexibility index (Phi) is 5.22. The maximum absolute atomic E-state index is 13.8. The van der Waals surface area contributed by atoms with Gasteiger partial charge in [-0.2, -0.15) is 0 Å². The van der Waals surface area contributed by atoms with Crippen LogP contribution in [0.1, 0.15) is 12.8 Å². The van der Waals surface area contributed by atoms with Gasteiger partial charge in [0, 0.05) is 0 Å². The Morgan fingerprint density at radius 3 is 1.56 bits per heavy atom. The zero-order chi connectivity index (χ0) is 18.7. The van der Waals surface area contributed by atoms with Crippen LogP contribution in [0.15, 0.2) is 91.5 Å². The predicted octanol–water partition coefficient (Wildman–Crippen LogP) is 6.09. The summed E-state index contributed by atoms with van der Waals surface area (Å²) >= 11 is -4.17. The van der Waals surface area contributed by atoms with E-state index in [1.54, 1.807) is 24.3 Å². The molecule has 0 fully saturated rings. The van der Waals surface area contributed by atoms with Crippen LogP contribution in [0.2, 0.25) is 0 Å². The summed E-state index contributed by atoms with van der Waals surface area (Å²) < 4.78 is 42.7. The first kappa shape index (κ1) is 18.1. The summed E-state index contributed by atoms with van der Waals surface area (Å²) in [6.45, 7) is 0. The third kappa shape index (κ3) is 3.89. The molecule has 2 nitrogen and oxygen atoms in total. The Hall–Kier alpha value is -2.26. The Bertz CT molecular complexity index is 896. The molecular weight excluding hydrogens is 425 g/mol. The number of hydrogen-bond acceptors (Lipinski definition) is 2. The molecule has 0 aromatic heterocycles. The Morgan fingerprint density at radius 1 is 0.704 bits per heavy atom. The van der Waals surface area contributed by atoms with E-state index in [0.29, 0.717) is 11.5 Å². The number of rotatable bonds is 6. The van der Waals surface area contributed by atoms with Gasteiger partial charge in [-0.15, -0.1) is 0 Å². The molecule has 0 atom stereocenters. The van der Waals surface area contributed by atoms with E-state index in [1.165, 1.54) is 24.3 Å². The van der Waals surface area contributed by atoms with E-state index in [9.17, 15) is 8.78 Å². The molecular formula is C22H18F2O2Zr. The molecule has 5 heteroatoms. The molecule has 0 bridgehead atoms. The second kappa shape index (κ2) is 7.78. The molecule has 0 N–H and O–H groups in total. The molecule has 0 aliphatic heterocycles. The SMILES string of the molecule is Fc1cccc([O][Zr]([O]c2cccc(F)c2)([C]2=CC=CC2)[C]2=CC=CC2)c1. The van der Waals surface area contributed by atoms with Crippen LogP contribution >= 0.6 is 0 Å². The van der Waals surface area contributed by atoms with Gasteiger partial charge in [0.15, 0.2) is 0 Å². The molecule has 2 aliphatic rings. The summed E-state index contributed by atoms with van der Waals surface area (Å²) in [7, 11) is 0. The monoisotopic (exact) mass is 442 g/mol. The van der Waals surface area contributed by atoms with Gasteiger partial charge in [0.25, 0.3) is 0 Å². The van der Waals surface area contributed by atoms with Gasteiger partial charge in [-0.05, 0) is 0 Å². The third-order valence-corrected chi connectivity index (χ3v) is 13.1. The van der Waals surface area contributed by atoms with Crippen LogP contribution in [0.3, 0.4) is 0 Å². The second-order valence-electron chi connectivity index (χ2n) is 6.38. The zero-order valence-electron chi connectivity index (χ0n) is 14.6. The van der Waals surface area contributed by atoms with Gasteiger partial charge in [-0.25, -0.2) is 0 Å². The van der Waals surface area contributed by atoms with Gasteiger partial charge >= 0.3 is 163 Å². The van der Waals surface area contributed by atoms with Crippen LogP contribution < -0.4 is 5.63 Å². The third-order valence-electron chi connectivity index (χ3n) is 4.50. The van der Waals surface area contributed by atoms with Crippen LogP contribution in [0, 0.1) is 11.6 Å². The Balaban J connectivity index is 1.80. The van der Waals surface area contributed by atoms with Gasteiger partial charge in [0.2, 0.25) is 0 Å². The van der Waals surface area contributed by atoms with Crippen molar-refractivity contribution in [2.75, 3.05) is 0 Å². The van der Waals surface area contributed by atoms with Crippen molar-refractivity contribution in [1.29, 1.82) is 0 Å². The molecule has 27 heavy (non-hydrogen) atoms. The van der Waals surface area contributed by atoms with Gasteiger partial charge in [-0.1, -0.05) is 0 Å². The van der Waals surface area contributed by atoms with Crippen molar-refractivity contribution < 1.29 is 35.6 Å².